The Morgan fingerprint density at radius 3 is 1.73 bits per heavy atom. The van der Waals surface area contributed by atoms with E-state index in [4.69, 9.17) is 10.3 Å². The molecular formula is C33H67F2N3O3. The highest BCUT2D eigenvalue weighted by Gasteiger charge is 2.23. The van der Waals surface area contributed by atoms with Crippen molar-refractivity contribution in [3.05, 3.63) is 59.3 Å². The quantitative estimate of drug-likeness (QED) is 0.0643. The van der Waals surface area contributed by atoms with Gasteiger partial charge in [0.1, 0.15) is 13.3 Å². The predicted octanol–water partition coefficient (Wildman–Crippen LogP) is 8.01. The van der Waals surface area contributed by atoms with E-state index >= 15 is 0 Å². The Labute approximate surface area is 253 Å². The van der Waals surface area contributed by atoms with E-state index in [0.29, 0.717) is 5.92 Å². The Hall–Kier alpha value is -2.13. The van der Waals surface area contributed by atoms with Crippen molar-refractivity contribution < 1.29 is 23.9 Å². The molecule has 0 aromatic rings. The van der Waals surface area contributed by atoms with E-state index in [1.54, 1.807) is 13.0 Å². The van der Waals surface area contributed by atoms with E-state index in [0.717, 1.165) is 64.7 Å². The van der Waals surface area contributed by atoms with E-state index in [1.807, 2.05) is 39.8 Å². The molecule has 0 spiro atoms. The van der Waals surface area contributed by atoms with Crippen LogP contribution in [0, 0.1) is 5.92 Å². The highest BCUT2D eigenvalue weighted by atomic mass is 19.1. The van der Waals surface area contributed by atoms with Crippen LogP contribution in [0.15, 0.2) is 59.3 Å². The maximum absolute atomic E-state index is 11.5. The van der Waals surface area contributed by atoms with Gasteiger partial charge < -0.3 is 20.5 Å². The summed E-state index contributed by atoms with van der Waals surface area (Å²) in [7, 11) is 1.00. The number of nitrogens with one attached hydrogen (secondary N) is 2. The first-order chi connectivity index (χ1) is 19.5. The fraction of sp³-hybridized carbons (Fsp3) is 0.667. The van der Waals surface area contributed by atoms with Crippen LogP contribution in [0.25, 0.3) is 0 Å². The Kier molecular flexibility index (Phi) is 60.0. The Bertz CT molecular complexity index is 622. The smallest absolute Gasteiger partial charge is 0.207 e. The van der Waals surface area contributed by atoms with E-state index in [2.05, 4.69) is 63.8 Å². The van der Waals surface area contributed by atoms with Crippen LogP contribution in [-0.2, 0) is 4.79 Å². The molecule has 0 aromatic carbocycles. The summed E-state index contributed by atoms with van der Waals surface area (Å²) in [5, 5.41) is 17.6. The largest absolute Gasteiger partial charge is 0.400 e. The number of allylic oxidation sites excluding steroid dienone is 9. The van der Waals surface area contributed by atoms with Crippen molar-refractivity contribution >= 4 is 6.41 Å². The van der Waals surface area contributed by atoms with Crippen LogP contribution < -0.4 is 10.8 Å². The fourth-order valence-corrected chi connectivity index (χ4v) is 2.07. The van der Waals surface area contributed by atoms with Crippen LogP contribution in [0.5, 0.6) is 0 Å². The summed E-state index contributed by atoms with van der Waals surface area (Å²) in [6.07, 6.45) is 11.1. The van der Waals surface area contributed by atoms with Crippen LogP contribution in [0.4, 0.5) is 8.78 Å². The standard InChI is InChI=1S/C7H10F2.C7H14N2O.C6H12.C6H10.C4H11NO.C2H6.CH4O/c1-7(4-6-9)3-2-5-8;1-2-9-4-7(5-9)3-8-6-10;1-5(2)6(3)4;1-4-6(3)5-2;1-2-3-4-5-6;2*1-2/h2-4H,5-6H2,1H3;6-7H,2-5H2,1H3,(H,8,10);1-4H3;4-5H,1H2,2-3H3;5-6H,2-4H2,1H3;1-2H3;2H,1H3/b3-2-,7-4-;;;6-5+;;;. The lowest BCUT2D eigenvalue weighted by atomic mass is 10.0. The highest BCUT2D eigenvalue weighted by Crippen LogP contribution is 2.12. The predicted molar refractivity (Wildman–Crippen MR) is 178 cm³/mol. The van der Waals surface area contributed by atoms with Crippen LogP contribution in [0.2, 0.25) is 0 Å². The van der Waals surface area contributed by atoms with E-state index < -0.39 is 13.3 Å². The molecule has 0 bridgehead atoms. The minimum atomic E-state index is -0.489. The third kappa shape index (κ3) is 54.6. The molecule has 0 saturated carbocycles. The molecule has 1 aliphatic rings. The zero-order valence-electron chi connectivity index (χ0n) is 28.6. The zero-order chi connectivity index (χ0) is 33.5. The summed E-state index contributed by atoms with van der Waals surface area (Å²) in [6.45, 7) is 30.1. The zero-order valence-corrected chi connectivity index (χ0v) is 28.6. The molecule has 4 N–H and O–H groups in total. The second-order valence-corrected chi connectivity index (χ2v) is 8.90. The van der Waals surface area contributed by atoms with Crippen molar-refractivity contribution in [1.29, 1.82) is 0 Å². The number of alkyl halides is 2. The molecule has 0 atom stereocenters. The summed E-state index contributed by atoms with van der Waals surface area (Å²) in [4.78, 5) is 12.2. The minimum absolute atomic E-state index is 0.484. The van der Waals surface area contributed by atoms with Crippen LogP contribution in [0.1, 0.15) is 89.0 Å². The van der Waals surface area contributed by atoms with Crippen molar-refractivity contribution in [3.63, 3.8) is 0 Å². The monoisotopic (exact) mass is 592 g/mol. The number of aliphatic hydroxyl groups is 1. The number of likely N-dealkylation sites (tertiary alicyclic amines) is 1. The molecule has 0 aromatic heterocycles. The number of hydrogen-bond acceptors (Lipinski definition) is 5. The maximum atomic E-state index is 11.5. The summed E-state index contributed by atoms with van der Waals surface area (Å²) >= 11 is 0. The molecule has 1 fully saturated rings. The summed E-state index contributed by atoms with van der Waals surface area (Å²) in [5.74, 6) is 0.699. The number of hydrogen-bond donors (Lipinski definition) is 4. The average molecular weight is 592 g/mol. The van der Waals surface area contributed by atoms with Crippen LogP contribution in [0.3, 0.4) is 0 Å². The molecule has 41 heavy (non-hydrogen) atoms. The van der Waals surface area contributed by atoms with E-state index in [1.165, 1.54) is 28.9 Å². The molecule has 6 nitrogen and oxygen atoms in total. The van der Waals surface area contributed by atoms with Gasteiger partial charge >= 0.3 is 0 Å². The molecule has 246 valence electrons. The van der Waals surface area contributed by atoms with Crippen molar-refractivity contribution in [3.8, 4) is 0 Å². The number of rotatable bonds is 11. The lowest BCUT2D eigenvalue weighted by Gasteiger charge is -2.38. The van der Waals surface area contributed by atoms with Gasteiger partial charge in [-0.25, -0.2) is 14.3 Å². The normalized spacial score (nSPS) is 12.2. The van der Waals surface area contributed by atoms with Crippen molar-refractivity contribution in [1.82, 2.24) is 15.7 Å². The molecule has 0 radical (unpaired) electrons. The van der Waals surface area contributed by atoms with Gasteiger partial charge in [0.2, 0.25) is 6.41 Å². The third-order valence-electron chi connectivity index (χ3n) is 5.26. The fourth-order valence-electron chi connectivity index (χ4n) is 2.07. The molecule has 0 unspecified atom stereocenters. The van der Waals surface area contributed by atoms with Gasteiger partial charge in [0.15, 0.2) is 0 Å². The Morgan fingerprint density at radius 1 is 0.976 bits per heavy atom. The third-order valence-corrected chi connectivity index (χ3v) is 5.26. The molecule has 1 saturated heterocycles. The van der Waals surface area contributed by atoms with Crippen molar-refractivity contribution in [2.75, 3.05) is 53.2 Å². The van der Waals surface area contributed by atoms with Crippen LogP contribution in [-0.4, -0.2) is 74.8 Å². The summed E-state index contributed by atoms with van der Waals surface area (Å²) < 4.78 is 22.9. The van der Waals surface area contributed by atoms with Gasteiger partial charge in [0, 0.05) is 39.2 Å². The number of unbranched alkanes of at least 4 members (excludes halogenated alkanes) is 1. The second-order valence-electron chi connectivity index (χ2n) is 8.90. The van der Waals surface area contributed by atoms with Gasteiger partial charge in [0.25, 0.3) is 0 Å². The first-order valence-corrected chi connectivity index (χ1v) is 14.6. The van der Waals surface area contributed by atoms with Crippen molar-refractivity contribution in [2.45, 2.75) is 89.0 Å². The lowest BCUT2D eigenvalue weighted by Crippen LogP contribution is -2.50. The number of amides is 1. The molecule has 1 heterocycles. The molecule has 1 amide bonds. The first-order valence-electron chi connectivity index (χ1n) is 14.6. The molecule has 1 rings (SSSR count). The van der Waals surface area contributed by atoms with Gasteiger partial charge in [-0.1, -0.05) is 93.4 Å². The van der Waals surface area contributed by atoms with Crippen LogP contribution >= 0.6 is 0 Å². The van der Waals surface area contributed by atoms with Gasteiger partial charge in [0.05, 0.1) is 0 Å². The van der Waals surface area contributed by atoms with Gasteiger partial charge in [-0.05, 0) is 61.4 Å². The van der Waals surface area contributed by atoms with Crippen molar-refractivity contribution in [2.24, 2.45) is 5.92 Å². The lowest BCUT2D eigenvalue weighted by molar-refractivity contribution is -0.110. The molecule has 0 aliphatic carbocycles. The maximum Gasteiger partial charge on any atom is 0.207 e. The number of carbonyl (C=O) groups is 1. The Morgan fingerprint density at radius 2 is 1.49 bits per heavy atom. The molecule has 1 aliphatic heterocycles. The average Bonchev–Trinajstić information content (AvgIpc) is 2.97. The SMILES string of the molecule is C=C/C(C)=C/C.CC.CC(/C=C\CF)=C/CF.CC(C)=C(C)C.CCCCNO.CCN1CC(CNC=O)C1.CO. The molecule has 8 heteroatoms. The van der Waals surface area contributed by atoms with E-state index in [-0.39, 0.29) is 0 Å². The summed E-state index contributed by atoms with van der Waals surface area (Å²) in [5.41, 5.74) is 6.91. The van der Waals surface area contributed by atoms with Gasteiger partial charge in [-0.15, -0.1) is 0 Å². The minimum Gasteiger partial charge on any atom is -0.400 e. The second kappa shape index (κ2) is 47.6. The topological polar surface area (TPSA) is 84.8 Å². The Balaban J connectivity index is -0.0000000921. The number of carbonyl (C=O) groups excluding carboxylic acids is 1. The number of nitrogens with zero attached hydrogens (tertiary/aromatic N) is 1. The number of halogens is 2. The number of hydroxylamine groups is 1. The molecular weight excluding hydrogens is 524 g/mol. The first kappa shape index (κ1) is 51.6. The van der Waals surface area contributed by atoms with Gasteiger partial charge in [-0.2, -0.15) is 0 Å². The number of aliphatic hydroxyl groups excluding tert-OH is 1. The highest BCUT2D eigenvalue weighted by molar-refractivity contribution is 5.45. The van der Waals surface area contributed by atoms with Gasteiger partial charge in [-0.3, -0.25) is 4.79 Å². The summed E-state index contributed by atoms with van der Waals surface area (Å²) in [6, 6.07) is 0. The van der Waals surface area contributed by atoms with E-state index in [9.17, 15) is 13.6 Å².